The van der Waals surface area contributed by atoms with Crippen molar-refractivity contribution >= 4 is 79.3 Å². The Morgan fingerprint density at radius 1 is 0.603 bits per heavy atom. The Morgan fingerprint density at radius 2 is 1.01 bits per heavy atom. The molecule has 0 bridgehead atoms. The highest BCUT2D eigenvalue weighted by Gasteiger charge is 2.63. The molecule has 0 unspecified atom stereocenters. The normalized spacial score (nSPS) is 16.0. The Labute approximate surface area is 474 Å². The highest BCUT2D eigenvalue weighted by atomic mass is 79.9. The maximum Gasteiger partial charge on any atom is 0.488 e. The molecule has 0 aliphatic carbocycles. The Morgan fingerprint density at radius 3 is 1.41 bits per heavy atom. The van der Waals surface area contributed by atoms with Crippen LogP contribution < -0.4 is 21.8 Å². The Balaban J connectivity index is 0.000000161. The lowest BCUT2D eigenvalue weighted by atomic mass is 9.49. The summed E-state index contributed by atoms with van der Waals surface area (Å²) in [5.41, 5.74) is 9.31. The SMILES string of the molecule is CC1(C)OB(B2OC(C)(C)C(C)(C)O2)OC1(C)C.Cc1nn(C(C)C)c2c(NCc3cnn(C)c3)cc(-c3cccn(C)c3=O)nc12.Cc1nn(C(C)C)c2c(NCc3cnn(C)c3)cc(Br)nc12.Cn1cccc(Br)c1=O. The van der Waals surface area contributed by atoms with E-state index in [1.165, 1.54) is 4.57 Å². The van der Waals surface area contributed by atoms with E-state index < -0.39 is 14.0 Å². The first kappa shape index (κ1) is 59.7. The van der Waals surface area contributed by atoms with Crippen LogP contribution in [0, 0.1) is 13.8 Å². The fraction of sp³-hybridized carbons (Fsp3) is 0.481. The molecule has 78 heavy (non-hydrogen) atoms. The molecule has 8 aromatic rings. The minimum Gasteiger partial charge on any atom is -0.405 e. The monoisotopic (exact) mass is 1190 g/mol. The second-order valence-corrected chi connectivity index (χ2v) is 24.0. The smallest absolute Gasteiger partial charge is 0.405 e. The number of fused-ring (bicyclic) bond motifs is 2. The van der Waals surface area contributed by atoms with E-state index in [0.717, 1.165) is 60.6 Å². The third kappa shape index (κ3) is 13.1. The average Bonchev–Trinajstić information content (AvgIpc) is 4.32. The van der Waals surface area contributed by atoms with Crippen molar-refractivity contribution < 1.29 is 18.6 Å². The summed E-state index contributed by atoms with van der Waals surface area (Å²) in [6.07, 6.45) is 11.1. The van der Waals surface area contributed by atoms with Gasteiger partial charge in [-0.1, -0.05) is 0 Å². The van der Waals surface area contributed by atoms with Crippen LogP contribution in [0.15, 0.2) is 92.2 Å². The highest BCUT2D eigenvalue weighted by molar-refractivity contribution is 9.10. The molecular weight excluding hydrogens is 1120 g/mol. The molecule has 0 radical (unpaired) electrons. The van der Waals surface area contributed by atoms with Gasteiger partial charge >= 0.3 is 14.0 Å². The summed E-state index contributed by atoms with van der Waals surface area (Å²) in [6.45, 7) is 29.9. The molecule has 0 atom stereocenters. The first-order valence-electron chi connectivity index (χ1n) is 26.0. The molecule has 0 aromatic carbocycles. The molecule has 0 spiro atoms. The molecular formula is C54H74B2Br2N14O6. The van der Waals surface area contributed by atoms with E-state index in [-0.39, 0.29) is 45.6 Å². The highest BCUT2D eigenvalue weighted by Crippen LogP contribution is 2.43. The molecule has 0 amide bonds. The lowest BCUT2D eigenvalue weighted by molar-refractivity contribution is 0.00578. The van der Waals surface area contributed by atoms with E-state index in [4.69, 9.17) is 28.7 Å². The first-order valence-corrected chi connectivity index (χ1v) is 27.5. The van der Waals surface area contributed by atoms with E-state index in [1.54, 1.807) is 46.5 Å². The van der Waals surface area contributed by atoms with Crippen LogP contribution in [0.3, 0.4) is 0 Å². The molecule has 2 saturated heterocycles. The summed E-state index contributed by atoms with van der Waals surface area (Å²) < 4.78 is 35.9. The molecule has 2 aliphatic heterocycles. The maximum atomic E-state index is 12.7. The van der Waals surface area contributed by atoms with Gasteiger partial charge in [-0.2, -0.15) is 20.4 Å². The fourth-order valence-corrected chi connectivity index (χ4v) is 9.40. The third-order valence-electron chi connectivity index (χ3n) is 14.3. The molecule has 2 N–H and O–H groups in total. The van der Waals surface area contributed by atoms with Crippen LogP contribution in [0.1, 0.15) is 118 Å². The van der Waals surface area contributed by atoms with E-state index >= 15 is 0 Å². The van der Waals surface area contributed by atoms with Crippen LogP contribution in [0.25, 0.3) is 33.3 Å². The van der Waals surface area contributed by atoms with E-state index in [2.05, 4.69) is 90.5 Å². The van der Waals surface area contributed by atoms with Gasteiger partial charge in [-0.3, -0.25) is 28.3 Å². The van der Waals surface area contributed by atoms with Crippen LogP contribution in [-0.4, -0.2) is 94.6 Å². The predicted octanol–water partition coefficient (Wildman–Crippen LogP) is 9.86. The number of rotatable bonds is 10. The van der Waals surface area contributed by atoms with Gasteiger partial charge in [0.25, 0.3) is 11.1 Å². The summed E-state index contributed by atoms with van der Waals surface area (Å²) in [7, 11) is 6.32. The number of nitrogens with one attached hydrogen (secondary N) is 2. The van der Waals surface area contributed by atoms with Gasteiger partial charge in [-0.25, -0.2) is 9.97 Å². The minimum absolute atomic E-state index is 0.00231. The van der Waals surface area contributed by atoms with Crippen molar-refractivity contribution in [1.29, 1.82) is 0 Å². The van der Waals surface area contributed by atoms with Crippen molar-refractivity contribution in [3.63, 3.8) is 0 Å². The molecule has 2 fully saturated rings. The number of nitrogens with zero attached hydrogens (tertiary/aromatic N) is 12. The third-order valence-corrected chi connectivity index (χ3v) is 15.3. The van der Waals surface area contributed by atoms with Crippen molar-refractivity contribution in [2.45, 2.75) is 145 Å². The van der Waals surface area contributed by atoms with Gasteiger partial charge in [0.1, 0.15) is 26.7 Å². The van der Waals surface area contributed by atoms with Crippen molar-refractivity contribution in [2.24, 2.45) is 28.2 Å². The molecule has 10 rings (SSSR count). The van der Waals surface area contributed by atoms with Crippen LogP contribution in [0.5, 0.6) is 0 Å². The molecule has 24 heteroatoms. The molecule has 20 nitrogen and oxygen atoms in total. The minimum atomic E-state index is -0.476. The van der Waals surface area contributed by atoms with Gasteiger partial charge in [0.2, 0.25) is 0 Å². The van der Waals surface area contributed by atoms with Crippen LogP contribution in [0.2, 0.25) is 0 Å². The number of aromatic nitrogens is 12. The lowest BCUT2D eigenvalue weighted by Crippen LogP contribution is -2.41. The molecule has 8 aromatic heterocycles. The van der Waals surface area contributed by atoms with Crippen molar-refractivity contribution in [3.8, 4) is 11.3 Å². The number of aryl methyl sites for hydroxylation is 6. The Bertz CT molecular complexity index is 3450. The molecule has 0 saturated carbocycles. The van der Waals surface area contributed by atoms with Gasteiger partial charge in [0.15, 0.2) is 0 Å². The number of hydrogen-bond donors (Lipinski definition) is 2. The van der Waals surface area contributed by atoms with E-state index in [1.807, 2.05) is 148 Å². The van der Waals surface area contributed by atoms with E-state index in [0.29, 0.717) is 28.8 Å². The fourth-order valence-electron chi connectivity index (χ4n) is 8.56. The number of hydrogen-bond acceptors (Lipinski definition) is 14. The topological polar surface area (TPSA) is 202 Å². The average molecular weight is 1200 g/mol. The van der Waals surface area contributed by atoms with Gasteiger partial charge in [0.05, 0.1) is 73.3 Å². The quantitative estimate of drug-likeness (QED) is 0.0968. The second-order valence-electron chi connectivity index (χ2n) is 22.3. The molecule has 416 valence electrons. The lowest BCUT2D eigenvalue weighted by Gasteiger charge is -2.32. The predicted molar refractivity (Wildman–Crippen MR) is 316 cm³/mol. The van der Waals surface area contributed by atoms with Crippen LogP contribution in [0.4, 0.5) is 11.4 Å². The van der Waals surface area contributed by atoms with Crippen molar-refractivity contribution in [2.75, 3.05) is 10.6 Å². The second kappa shape index (κ2) is 23.4. The zero-order valence-electron chi connectivity index (χ0n) is 48.2. The molecule has 10 heterocycles. The summed E-state index contributed by atoms with van der Waals surface area (Å²) in [6, 6.07) is 11.6. The summed E-state index contributed by atoms with van der Waals surface area (Å²) in [4.78, 5) is 32.9. The van der Waals surface area contributed by atoms with Gasteiger partial charge < -0.3 is 38.4 Å². The summed E-state index contributed by atoms with van der Waals surface area (Å²) in [5, 5.41) is 24.7. The van der Waals surface area contributed by atoms with E-state index in [9.17, 15) is 9.59 Å². The van der Waals surface area contributed by atoms with Crippen molar-refractivity contribution in [3.05, 3.63) is 126 Å². The Hall–Kier alpha value is -5.91. The zero-order chi connectivity index (χ0) is 57.4. The first-order chi connectivity index (χ1) is 36.4. The van der Waals surface area contributed by atoms with Crippen LogP contribution in [-0.2, 0) is 59.9 Å². The number of halogens is 2. The zero-order valence-corrected chi connectivity index (χ0v) is 51.4. The maximum absolute atomic E-state index is 12.7. The van der Waals surface area contributed by atoms with Gasteiger partial charge in [-0.05, 0) is 165 Å². The summed E-state index contributed by atoms with van der Waals surface area (Å²) >= 11 is 6.60. The van der Waals surface area contributed by atoms with Crippen molar-refractivity contribution in [1.82, 2.24) is 58.2 Å². The molecule has 2 aliphatic rings. The summed E-state index contributed by atoms with van der Waals surface area (Å²) in [5.74, 6) is 0. The standard InChI is InChI=1S/C21H25N7O.C15H19BrN6.C12H24B2O4.C6H6BrNO/c1-13(2)28-20-18(22-10-15-11-23-27(5)12-15)9-17(24-19(20)14(3)25-28)16-7-6-8-26(4)21(16)29;1-9(2)22-15-12(17-6-11-7-18-21(4)8-11)5-13(16)19-14(15)10(3)20-22;1-9(2)10(3,4)16-13(15-9)14-17-11(5,6)12(7,8)18-14;1-8-4-2-3-5(7)6(8)9/h6-9,11-13H,10H2,1-5H3,(H,22,24);5,7-9H,6H2,1-4H3,(H,17,19);1-8H3;2-4H,1H3. The largest absolute Gasteiger partial charge is 0.488 e. The number of pyridine rings is 4. The number of anilines is 2. The Kier molecular flexibility index (Phi) is 17.9. The van der Waals surface area contributed by atoms with Gasteiger partial charge in [0, 0.05) is 89.3 Å². The van der Waals surface area contributed by atoms with Gasteiger partial charge in [-0.15, -0.1) is 0 Å². The van der Waals surface area contributed by atoms with Crippen LogP contribution >= 0.6 is 31.9 Å².